The fourth-order valence-corrected chi connectivity index (χ4v) is 1.91. The summed E-state index contributed by atoms with van der Waals surface area (Å²) in [5.74, 6) is 2.15. The minimum Gasteiger partial charge on any atom is -0.370 e. The Bertz CT molecular complexity index is 561. The standard InChI is InChI=1S/C15H23N5/c1-5-7-16-14-8-13(12-9-17-20(4)10-12)18-15(19-14)11(3)6-2/h8-11H,5-7H2,1-4H3,(H,16,18,19). The average Bonchev–Trinajstić information content (AvgIpc) is 2.90. The van der Waals surface area contributed by atoms with Gasteiger partial charge in [0.1, 0.15) is 11.6 Å². The van der Waals surface area contributed by atoms with Crippen LogP contribution in [0.4, 0.5) is 5.82 Å². The van der Waals surface area contributed by atoms with Gasteiger partial charge in [-0.15, -0.1) is 0 Å². The quantitative estimate of drug-likeness (QED) is 0.878. The molecule has 5 nitrogen and oxygen atoms in total. The third-order valence-electron chi connectivity index (χ3n) is 3.35. The lowest BCUT2D eigenvalue weighted by atomic mass is 10.1. The van der Waals surface area contributed by atoms with Crippen molar-refractivity contribution in [1.82, 2.24) is 19.7 Å². The van der Waals surface area contributed by atoms with Gasteiger partial charge in [-0.2, -0.15) is 5.10 Å². The third kappa shape index (κ3) is 3.35. The van der Waals surface area contributed by atoms with Crippen LogP contribution in [0.25, 0.3) is 11.3 Å². The Kier molecular flexibility index (Phi) is 4.71. The van der Waals surface area contributed by atoms with Gasteiger partial charge in [-0.3, -0.25) is 4.68 Å². The summed E-state index contributed by atoms with van der Waals surface area (Å²) in [6.07, 6.45) is 5.92. The minimum atomic E-state index is 0.355. The highest BCUT2D eigenvalue weighted by molar-refractivity contribution is 5.61. The molecule has 108 valence electrons. The van der Waals surface area contributed by atoms with Crippen molar-refractivity contribution in [3.8, 4) is 11.3 Å². The van der Waals surface area contributed by atoms with Crippen LogP contribution in [0.2, 0.25) is 0 Å². The van der Waals surface area contributed by atoms with Crippen molar-refractivity contribution in [3.63, 3.8) is 0 Å². The van der Waals surface area contributed by atoms with E-state index in [1.807, 2.05) is 25.5 Å². The highest BCUT2D eigenvalue weighted by atomic mass is 15.2. The topological polar surface area (TPSA) is 55.6 Å². The van der Waals surface area contributed by atoms with Crippen LogP contribution >= 0.6 is 0 Å². The number of rotatable bonds is 6. The van der Waals surface area contributed by atoms with Crippen LogP contribution in [0.5, 0.6) is 0 Å². The fourth-order valence-electron chi connectivity index (χ4n) is 1.91. The van der Waals surface area contributed by atoms with Crippen LogP contribution in [-0.2, 0) is 7.05 Å². The predicted octanol–water partition coefficient (Wildman–Crippen LogP) is 3.21. The molecule has 2 aromatic heterocycles. The number of hydrogen-bond donors (Lipinski definition) is 1. The molecule has 0 aliphatic rings. The molecule has 0 bridgehead atoms. The van der Waals surface area contributed by atoms with E-state index in [0.29, 0.717) is 5.92 Å². The second kappa shape index (κ2) is 6.50. The SMILES string of the molecule is CCCNc1cc(-c2cnn(C)c2)nc(C(C)CC)n1. The van der Waals surface area contributed by atoms with E-state index in [1.54, 1.807) is 4.68 Å². The summed E-state index contributed by atoms with van der Waals surface area (Å²) in [4.78, 5) is 9.32. The Hall–Kier alpha value is -1.91. The van der Waals surface area contributed by atoms with Crippen LogP contribution in [0, 0.1) is 0 Å². The normalized spacial score (nSPS) is 12.4. The van der Waals surface area contributed by atoms with E-state index in [9.17, 15) is 0 Å². The van der Waals surface area contributed by atoms with Crippen LogP contribution in [0.1, 0.15) is 45.4 Å². The van der Waals surface area contributed by atoms with E-state index >= 15 is 0 Å². The Labute approximate surface area is 120 Å². The average molecular weight is 273 g/mol. The molecule has 1 unspecified atom stereocenters. The smallest absolute Gasteiger partial charge is 0.134 e. The molecule has 2 rings (SSSR count). The molecule has 1 N–H and O–H groups in total. The van der Waals surface area contributed by atoms with Gasteiger partial charge >= 0.3 is 0 Å². The van der Waals surface area contributed by atoms with Crippen LogP contribution in [0.15, 0.2) is 18.5 Å². The van der Waals surface area contributed by atoms with E-state index in [0.717, 1.165) is 42.3 Å². The van der Waals surface area contributed by atoms with Gasteiger partial charge in [-0.05, 0) is 12.8 Å². The first-order chi connectivity index (χ1) is 9.63. The Morgan fingerprint density at radius 3 is 2.70 bits per heavy atom. The summed E-state index contributed by atoms with van der Waals surface area (Å²) >= 11 is 0. The highest BCUT2D eigenvalue weighted by Crippen LogP contribution is 2.23. The summed E-state index contributed by atoms with van der Waals surface area (Å²) in [7, 11) is 1.91. The van der Waals surface area contributed by atoms with Crippen molar-refractivity contribution in [2.75, 3.05) is 11.9 Å². The van der Waals surface area contributed by atoms with Gasteiger partial charge in [0.15, 0.2) is 0 Å². The number of hydrogen-bond acceptors (Lipinski definition) is 4. The molecule has 0 saturated carbocycles. The summed E-state index contributed by atoms with van der Waals surface area (Å²) in [6, 6.07) is 2.00. The van der Waals surface area contributed by atoms with Crippen LogP contribution < -0.4 is 5.32 Å². The van der Waals surface area contributed by atoms with E-state index in [4.69, 9.17) is 4.98 Å². The third-order valence-corrected chi connectivity index (χ3v) is 3.35. The molecule has 0 aliphatic carbocycles. The first kappa shape index (κ1) is 14.5. The molecule has 0 aromatic carbocycles. The second-order valence-electron chi connectivity index (χ2n) is 5.14. The molecule has 0 amide bonds. The molecule has 0 saturated heterocycles. The number of aryl methyl sites for hydroxylation is 1. The number of nitrogens with one attached hydrogen (secondary N) is 1. The van der Waals surface area contributed by atoms with E-state index in [-0.39, 0.29) is 0 Å². The molecule has 1 atom stereocenters. The zero-order valence-electron chi connectivity index (χ0n) is 12.7. The Morgan fingerprint density at radius 2 is 2.10 bits per heavy atom. The van der Waals surface area contributed by atoms with E-state index in [1.165, 1.54) is 0 Å². The number of aromatic nitrogens is 4. The fraction of sp³-hybridized carbons (Fsp3) is 0.533. The molecule has 20 heavy (non-hydrogen) atoms. The van der Waals surface area contributed by atoms with E-state index < -0.39 is 0 Å². The van der Waals surface area contributed by atoms with Gasteiger partial charge in [0.05, 0.1) is 11.9 Å². The lowest BCUT2D eigenvalue weighted by molar-refractivity contribution is 0.680. The first-order valence-corrected chi connectivity index (χ1v) is 7.25. The van der Waals surface area contributed by atoms with Crippen molar-refractivity contribution in [2.24, 2.45) is 7.05 Å². The van der Waals surface area contributed by atoms with Crippen LogP contribution in [0.3, 0.4) is 0 Å². The first-order valence-electron chi connectivity index (χ1n) is 7.25. The van der Waals surface area contributed by atoms with Crippen molar-refractivity contribution in [2.45, 2.75) is 39.5 Å². The molecule has 5 heteroatoms. The number of anilines is 1. The van der Waals surface area contributed by atoms with Crippen molar-refractivity contribution >= 4 is 5.82 Å². The lowest BCUT2D eigenvalue weighted by Gasteiger charge is -2.12. The molecule has 2 heterocycles. The van der Waals surface area contributed by atoms with Crippen molar-refractivity contribution in [3.05, 3.63) is 24.3 Å². The summed E-state index contributed by atoms with van der Waals surface area (Å²) in [6.45, 7) is 7.38. The van der Waals surface area contributed by atoms with E-state index in [2.05, 4.69) is 36.2 Å². The molecule has 0 spiro atoms. The number of nitrogens with zero attached hydrogens (tertiary/aromatic N) is 4. The minimum absolute atomic E-state index is 0.355. The maximum absolute atomic E-state index is 4.69. The summed E-state index contributed by atoms with van der Waals surface area (Å²) in [5.41, 5.74) is 1.96. The highest BCUT2D eigenvalue weighted by Gasteiger charge is 2.12. The second-order valence-corrected chi connectivity index (χ2v) is 5.14. The molecular formula is C15H23N5. The Morgan fingerprint density at radius 1 is 1.30 bits per heavy atom. The van der Waals surface area contributed by atoms with Gasteiger partial charge in [0.2, 0.25) is 0 Å². The van der Waals surface area contributed by atoms with Gasteiger partial charge < -0.3 is 5.32 Å². The van der Waals surface area contributed by atoms with Crippen molar-refractivity contribution < 1.29 is 0 Å². The molecule has 2 aromatic rings. The largest absolute Gasteiger partial charge is 0.370 e. The van der Waals surface area contributed by atoms with Gasteiger partial charge in [-0.25, -0.2) is 9.97 Å². The maximum Gasteiger partial charge on any atom is 0.134 e. The molecular weight excluding hydrogens is 250 g/mol. The zero-order chi connectivity index (χ0) is 14.5. The molecule has 0 fully saturated rings. The predicted molar refractivity (Wildman–Crippen MR) is 81.7 cm³/mol. The van der Waals surface area contributed by atoms with Gasteiger partial charge in [-0.1, -0.05) is 20.8 Å². The lowest BCUT2D eigenvalue weighted by Crippen LogP contribution is -2.07. The summed E-state index contributed by atoms with van der Waals surface area (Å²) < 4.78 is 1.79. The zero-order valence-corrected chi connectivity index (χ0v) is 12.7. The summed E-state index contributed by atoms with van der Waals surface area (Å²) in [5, 5.41) is 7.57. The maximum atomic E-state index is 4.69. The van der Waals surface area contributed by atoms with Crippen molar-refractivity contribution in [1.29, 1.82) is 0 Å². The Balaban J connectivity index is 2.39. The van der Waals surface area contributed by atoms with Gasteiger partial charge in [0, 0.05) is 37.3 Å². The molecule has 0 aliphatic heterocycles. The van der Waals surface area contributed by atoms with Gasteiger partial charge in [0.25, 0.3) is 0 Å². The van der Waals surface area contributed by atoms with Crippen LogP contribution in [-0.4, -0.2) is 26.3 Å². The monoisotopic (exact) mass is 273 g/mol. The molecule has 0 radical (unpaired) electrons.